The maximum atomic E-state index is 6.18. The van der Waals surface area contributed by atoms with Crippen molar-refractivity contribution in [1.82, 2.24) is 15.0 Å². The summed E-state index contributed by atoms with van der Waals surface area (Å²) >= 11 is 7.79. The minimum atomic E-state index is 0.537. The molecule has 1 aliphatic carbocycles. The highest BCUT2D eigenvalue weighted by Crippen LogP contribution is 2.40. The fourth-order valence-corrected chi connectivity index (χ4v) is 4.36. The Morgan fingerprint density at radius 1 is 1.16 bits per heavy atom. The molecule has 3 nitrogen and oxygen atoms in total. The van der Waals surface area contributed by atoms with Crippen molar-refractivity contribution < 1.29 is 0 Å². The predicted molar refractivity (Wildman–Crippen MR) is 79.1 cm³/mol. The summed E-state index contributed by atoms with van der Waals surface area (Å²) in [5, 5.41) is 1.75. The second kappa shape index (κ2) is 4.12. The summed E-state index contributed by atoms with van der Waals surface area (Å²) in [6, 6.07) is 0. The van der Waals surface area contributed by atoms with Gasteiger partial charge in [0.05, 0.1) is 10.2 Å². The molecule has 0 aliphatic heterocycles. The molecule has 5 heteroatoms. The molecule has 0 saturated heterocycles. The molecule has 0 amide bonds. The molecule has 4 rings (SSSR count). The minimum Gasteiger partial charge on any atom is -0.242 e. The number of rotatable bonds is 0. The molecule has 19 heavy (non-hydrogen) atoms. The summed E-state index contributed by atoms with van der Waals surface area (Å²) in [6.45, 7) is 2.11. The fourth-order valence-electron chi connectivity index (χ4n) is 3.02. The van der Waals surface area contributed by atoms with Crippen LogP contribution in [0.25, 0.3) is 20.4 Å². The van der Waals surface area contributed by atoms with Crippen LogP contribution < -0.4 is 0 Å². The zero-order valence-electron chi connectivity index (χ0n) is 10.5. The van der Waals surface area contributed by atoms with Gasteiger partial charge in [-0.15, -0.1) is 11.3 Å². The van der Waals surface area contributed by atoms with E-state index in [1.165, 1.54) is 29.4 Å². The van der Waals surface area contributed by atoms with Crippen molar-refractivity contribution in [2.75, 3.05) is 0 Å². The molecule has 0 saturated carbocycles. The first-order chi connectivity index (χ1) is 9.25. The molecule has 3 aromatic rings. The van der Waals surface area contributed by atoms with Gasteiger partial charge in [0, 0.05) is 11.1 Å². The molecule has 0 atom stereocenters. The third-order valence-corrected chi connectivity index (χ3v) is 5.36. The Morgan fingerprint density at radius 3 is 2.79 bits per heavy atom. The second-order valence-corrected chi connectivity index (χ2v) is 6.34. The monoisotopic (exact) mass is 289 g/mol. The van der Waals surface area contributed by atoms with E-state index in [0.29, 0.717) is 5.15 Å². The molecular weight excluding hydrogens is 278 g/mol. The van der Waals surface area contributed by atoms with Gasteiger partial charge in [-0.05, 0) is 43.7 Å². The number of thiophene rings is 1. The Morgan fingerprint density at radius 2 is 1.95 bits per heavy atom. The van der Waals surface area contributed by atoms with Gasteiger partial charge in [0.25, 0.3) is 0 Å². The third-order valence-electron chi connectivity index (χ3n) is 3.89. The molecule has 0 fully saturated rings. The van der Waals surface area contributed by atoms with Crippen molar-refractivity contribution in [2.45, 2.75) is 32.6 Å². The topological polar surface area (TPSA) is 38.7 Å². The Labute approximate surface area is 119 Å². The molecule has 1 aliphatic rings. The van der Waals surface area contributed by atoms with Crippen molar-refractivity contribution in [1.29, 1.82) is 0 Å². The molecule has 0 radical (unpaired) electrons. The highest BCUT2D eigenvalue weighted by molar-refractivity contribution is 7.26. The molecule has 0 N–H and O–H groups in total. The Hall–Kier alpha value is -1.26. The van der Waals surface area contributed by atoms with Gasteiger partial charge < -0.3 is 0 Å². The second-order valence-electron chi connectivity index (χ2n) is 4.99. The zero-order valence-corrected chi connectivity index (χ0v) is 12.1. The van der Waals surface area contributed by atoms with Gasteiger partial charge in [-0.3, -0.25) is 0 Å². The van der Waals surface area contributed by atoms with E-state index in [9.17, 15) is 0 Å². The van der Waals surface area contributed by atoms with Crippen LogP contribution in [0.5, 0.6) is 0 Å². The van der Waals surface area contributed by atoms with Crippen LogP contribution in [0, 0.1) is 6.92 Å². The minimum absolute atomic E-state index is 0.537. The Bertz CT molecular complexity index is 809. The lowest BCUT2D eigenvalue weighted by Gasteiger charge is -2.18. The SMILES string of the molecule is Cc1nc2sc3c(Cl)ncnc3c2c2c1CCCC2. The highest BCUT2D eigenvalue weighted by Gasteiger charge is 2.21. The number of fused-ring (bicyclic) bond motifs is 5. The van der Waals surface area contributed by atoms with Crippen LogP contribution in [0.3, 0.4) is 0 Å². The summed E-state index contributed by atoms with van der Waals surface area (Å²) < 4.78 is 0.963. The molecule has 3 heterocycles. The molecule has 0 spiro atoms. The average molecular weight is 290 g/mol. The van der Waals surface area contributed by atoms with Crippen LogP contribution in [0.4, 0.5) is 0 Å². The van der Waals surface area contributed by atoms with Crippen LogP contribution in [0.15, 0.2) is 6.33 Å². The average Bonchev–Trinajstić information content (AvgIpc) is 2.79. The van der Waals surface area contributed by atoms with Crippen molar-refractivity contribution in [3.05, 3.63) is 28.3 Å². The van der Waals surface area contributed by atoms with Crippen molar-refractivity contribution in [3.8, 4) is 0 Å². The third kappa shape index (κ3) is 1.60. The van der Waals surface area contributed by atoms with Gasteiger partial charge in [0.15, 0.2) is 0 Å². The van der Waals surface area contributed by atoms with Crippen molar-refractivity contribution >= 4 is 43.4 Å². The van der Waals surface area contributed by atoms with Crippen molar-refractivity contribution in [2.24, 2.45) is 0 Å². The molecule has 0 aromatic carbocycles. The fraction of sp³-hybridized carbons (Fsp3) is 0.357. The van der Waals surface area contributed by atoms with Crippen LogP contribution in [0.2, 0.25) is 5.15 Å². The number of aryl methyl sites for hydroxylation is 2. The number of nitrogens with zero attached hydrogens (tertiary/aromatic N) is 3. The van der Waals surface area contributed by atoms with Crippen molar-refractivity contribution in [3.63, 3.8) is 0 Å². The van der Waals surface area contributed by atoms with Crippen LogP contribution in [-0.4, -0.2) is 15.0 Å². The lowest BCUT2D eigenvalue weighted by atomic mass is 9.89. The van der Waals surface area contributed by atoms with E-state index in [1.807, 2.05) is 0 Å². The van der Waals surface area contributed by atoms with E-state index < -0.39 is 0 Å². The van der Waals surface area contributed by atoms with Gasteiger partial charge in [-0.25, -0.2) is 15.0 Å². The van der Waals surface area contributed by atoms with E-state index in [0.717, 1.165) is 33.6 Å². The standard InChI is InChI=1S/C14H12ClN3S/c1-7-8-4-2-3-5-9(8)10-11-12(19-14(10)18-7)13(15)17-6-16-11/h6H,2-5H2,1H3. The number of hydrogen-bond donors (Lipinski definition) is 0. The number of pyridine rings is 1. The van der Waals surface area contributed by atoms with Gasteiger partial charge in [-0.1, -0.05) is 11.6 Å². The number of halogens is 1. The maximum absolute atomic E-state index is 6.18. The molecule has 0 bridgehead atoms. The van der Waals surface area contributed by atoms with Gasteiger partial charge in [-0.2, -0.15) is 0 Å². The summed E-state index contributed by atoms with van der Waals surface area (Å²) in [5.74, 6) is 0. The molecule has 0 unspecified atom stereocenters. The summed E-state index contributed by atoms with van der Waals surface area (Å²) in [4.78, 5) is 14.3. The first-order valence-corrected chi connectivity index (χ1v) is 7.66. The van der Waals surface area contributed by atoms with Gasteiger partial charge in [0.2, 0.25) is 0 Å². The van der Waals surface area contributed by atoms with Gasteiger partial charge >= 0.3 is 0 Å². The van der Waals surface area contributed by atoms with E-state index >= 15 is 0 Å². The lowest BCUT2D eigenvalue weighted by molar-refractivity contribution is 0.683. The normalized spacial score (nSPS) is 15.1. The largest absolute Gasteiger partial charge is 0.242 e. The molecule has 96 valence electrons. The highest BCUT2D eigenvalue weighted by atomic mass is 35.5. The molecule has 3 aromatic heterocycles. The first-order valence-electron chi connectivity index (χ1n) is 6.47. The van der Waals surface area contributed by atoms with Crippen LogP contribution >= 0.6 is 22.9 Å². The predicted octanol–water partition coefficient (Wildman–Crippen LogP) is 4.08. The zero-order chi connectivity index (χ0) is 13.0. The lowest BCUT2D eigenvalue weighted by Crippen LogP contribution is -2.06. The summed E-state index contributed by atoms with van der Waals surface area (Å²) in [7, 11) is 0. The Kier molecular flexibility index (Phi) is 2.50. The van der Waals surface area contributed by atoms with E-state index in [2.05, 4.69) is 16.9 Å². The summed E-state index contributed by atoms with van der Waals surface area (Å²) in [6.07, 6.45) is 6.33. The number of aromatic nitrogens is 3. The Balaban J connectivity index is 2.22. The smallest absolute Gasteiger partial charge is 0.150 e. The van der Waals surface area contributed by atoms with Crippen LogP contribution in [-0.2, 0) is 12.8 Å². The maximum Gasteiger partial charge on any atom is 0.150 e. The first kappa shape index (κ1) is 11.6. The van der Waals surface area contributed by atoms with Crippen LogP contribution in [0.1, 0.15) is 29.7 Å². The van der Waals surface area contributed by atoms with E-state index in [1.54, 1.807) is 17.7 Å². The van der Waals surface area contributed by atoms with E-state index in [4.69, 9.17) is 16.6 Å². The quantitative estimate of drug-likeness (QED) is 0.585. The van der Waals surface area contributed by atoms with Gasteiger partial charge in [0.1, 0.15) is 16.3 Å². The number of hydrogen-bond acceptors (Lipinski definition) is 4. The van der Waals surface area contributed by atoms with E-state index in [-0.39, 0.29) is 0 Å². The summed E-state index contributed by atoms with van der Waals surface area (Å²) in [5.41, 5.74) is 5.01. The molecular formula is C14H12ClN3S.